The number of hydrogen-bond donors (Lipinski definition) is 3. The zero-order valence-corrected chi connectivity index (χ0v) is 24.2. The number of halogens is 1. The van der Waals surface area contributed by atoms with Gasteiger partial charge in [0.1, 0.15) is 24.1 Å². The van der Waals surface area contributed by atoms with Gasteiger partial charge in [-0.1, -0.05) is 30.3 Å². The SMILES string of the molecule is CC(C)(C)OC(=O)NC(CF)C1CCC(C(=O)N2CC[C@H](c3ccccc3)[C@H]2C(=O)Nc2ccc(C(=O)O)cn2)CC1. The molecule has 2 heterocycles. The van der Waals surface area contributed by atoms with E-state index < -0.39 is 42.3 Å². The number of alkyl carbamates (subject to hydrolysis) is 1. The molecule has 0 spiro atoms. The average Bonchev–Trinajstić information content (AvgIpc) is 3.41. The topological polar surface area (TPSA) is 138 Å². The minimum absolute atomic E-state index is 0.000251. The number of carbonyl (C=O) groups is 4. The van der Waals surface area contributed by atoms with Crippen LogP contribution < -0.4 is 10.6 Å². The van der Waals surface area contributed by atoms with E-state index in [1.54, 1.807) is 25.7 Å². The molecule has 1 aromatic carbocycles. The predicted molar refractivity (Wildman–Crippen MR) is 154 cm³/mol. The molecule has 10 nitrogen and oxygen atoms in total. The van der Waals surface area contributed by atoms with Gasteiger partial charge >= 0.3 is 12.1 Å². The fourth-order valence-electron chi connectivity index (χ4n) is 5.95. The summed E-state index contributed by atoms with van der Waals surface area (Å²) < 4.78 is 19.2. The Morgan fingerprint density at radius 1 is 1.05 bits per heavy atom. The molecule has 1 unspecified atom stereocenters. The number of ether oxygens (including phenoxy) is 1. The summed E-state index contributed by atoms with van der Waals surface area (Å²) in [6, 6.07) is 10.9. The van der Waals surface area contributed by atoms with E-state index in [0.717, 1.165) is 5.56 Å². The molecule has 0 bridgehead atoms. The second-order valence-corrected chi connectivity index (χ2v) is 12.0. The lowest BCUT2D eigenvalue weighted by molar-refractivity contribution is -0.141. The van der Waals surface area contributed by atoms with Crippen molar-refractivity contribution in [3.05, 3.63) is 59.8 Å². The summed E-state index contributed by atoms with van der Waals surface area (Å²) >= 11 is 0. The van der Waals surface area contributed by atoms with Gasteiger partial charge in [0.15, 0.2) is 0 Å². The number of aromatic carboxylic acids is 1. The molecule has 1 aliphatic heterocycles. The zero-order chi connectivity index (χ0) is 30.4. The van der Waals surface area contributed by atoms with Gasteiger partial charge in [-0.25, -0.2) is 19.0 Å². The van der Waals surface area contributed by atoms with Crippen LogP contribution >= 0.6 is 0 Å². The Bertz CT molecular complexity index is 1260. The van der Waals surface area contributed by atoms with Gasteiger partial charge in [0, 0.05) is 24.6 Å². The molecule has 3 amide bonds. The van der Waals surface area contributed by atoms with Crippen molar-refractivity contribution in [1.29, 1.82) is 0 Å². The van der Waals surface area contributed by atoms with Gasteiger partial charge in [0.2, 0.25) is 11.8 Å². The van der Waals surface area contributed by atoms with Crippen molar-refractivity contribution >= 4 is 29.7 Å². The summed E-state index contributed by atoms with van der Waals surface area (Å²) in [5, 5.41) is 14.6. The quantitative estimate of drug-likeness (QED) is 0.408. The molecule has 4 rings (SSSR count). The van der Waals surface area contributed by atoms with Gasteiger partial charge in [-0.15, -0.1) is 0 Å². The number of benzene rings is 1. The molecule has 42 heavy (non-hydrogen) atoms. The van der Waals surface area contributed by atoms with Crippen LogP contribution in [-0.4, -0.2) is 69.8 Å². The molecule has 1 saturated heterocycles. The van der Waals surface area contributed by atoms with E-state index >= 15 is 0 Å². The molecule has 1 aliphatic carbocycles. The molecule has 1 aromatic heterocycles. The Morgan fingerprint density at radius 2 is 1.74 bits per heavy atom. The Kier molecular flexibility index (Phi) is 9.80. The number of likely N-dealkylation sites (tertiary alicyclic amines) is 1. The normalized spacial score (nSPS) is 23.1. The smallest absolute Gasteiger partial charge is 0.407 e. The second-order valence-electron chi connectivity index (χ2n) is 12.0. The van der Waals surface area contributed by atoms with Crippen LogP contribution in [0.2, 0.25) is 0 Å². The third kappa shape index (κ3) is 7.63. The fraction of sp³-hybridized carbons (Fsp3) is 0.516. The van der Waals surface area contributed by atoms with Crippen molar-refractivity contribution in [3.8, 4) is 0 Å². The maximum absolute atomic E-state index is 13.9. The highest BCUT2D eigenvalue weighted by molar-refractivity contribution is 5.98. The summed E-state index contributed by atoms with van der Waals surface area (Å²) in [4.78, 5) is 56.6. The van der Waals surface area contributed by atoms with Gasteiger partial charge in [-0.3, -0.25) is 9.59 Å². The van der Waals surface area contributed by atoms with E-state index in [0.29, 0.717) is 38.6 Å². The highest BCUT2D eigenvalue weighted by Crippen LogP contribution is 2.38. The van der Waals surface area contributed by atoms with Gasteiger partial charge in [-0.05, 0) is 76.5 Å². The maximum atomic E-state index is 13.9. The van der Waals surface area contributed by atoms with Crippen molar-refractivity contribution < 1.29 is 33.4 Å². The first-order valence-electron chi connectivity index (χ1n) is 14.4. The first-order chi connectivity index (χ1) is 20.0. The van der Waals surface area contributed by atoms with Gasteiger partial charge in [0.25, 0.3) is 0 Å². The highest BCUT2D eigenvalue weighted by Gasteiger charge is 2.45. The molecule has 226 valence electrons. The van der Waals surface area contributed by atoms with E-state index in [-0.39, 0.29) is 35.0 Å². The van der Waals surface area contributed by atoms with Crippen molar-refractivity contribution in [2.24, 2.45) is 11.8 Å². The van der Waals surface area contributed by atoms with Crippen LogP contribution in [0.15, 0.2) is 48.7 Å². The van der Waals surface area contributed by atoms with E-state index in [1.807, 2.05) is 30.3 Å². The molecule has 2 aliphatic rings. The highest BCUT2D eigenvalue weighted by atomic mass is 19.1. The lowest BCUT2D eigenvalue weighted by Crippen LogP contribution is -2.49. The number of carboxylic acid groups (broad SMARTS) is 1. The molecule has 2 aromatic rings. The van der Waals surface area contributed by atoms with Crippen molar-refractivity contribution in [2.75, 3.05) is 18.5 Å². The van der Waals surface area contributed by atoms with E-state index in [1.165, 1.54) is 18.3 Å². The fourth-order valence-corrected chi connectivity index (χ4v) is 5.95. The third-order valence-electron chi connectivity index (χ3n) is 8.00. The third-order valence-corrected chi connectivity index (χ3v) is 8.00. The van der Waals surface area contributed by atoms with Gasteiger partial charge in [-0.2, -0.15) is 0 Å². The summed E-state index contributed by atoms with van der Waals surface area (Å²) in [5.74, 6) is -2.09. The lowest BCUT2D eigenvalue weighted by Gasteiger charge is -2.36. The Morgan fingerprint density at radius 3 is 2.31 bits per heavy atom. The van der Waals surface area contributed by atoms with Crippen LogP contribution in [0, 0.1) is 11.8 Å². The number of nitrogens with one attached hydrogen (secondary N) is 2. The Hall–Kier alpha value is -4.02. The first-order valence-corrected chi connectivity index (χ1v) is 14.4. The average molecular weight is 583 g/mol. The number of aromatic nitrogens is 1. The summed E-state index contributed by atoms with van der Waals surface area (Å²) in [6.45, 7) is 4.92. The lowest BCUT2D eigenvalue weighted by atomic mass is 9.78. The number of rotatable bonds is 8. The first kappa shape index (κ1) is 30.9. The van der Waals surface area contributed by atoms with Crippen LogP contribution in [0.25, 0.3) is 0 Å². The standard InChI is InChI=1S/C31H39FN4O6/c1-31(2,3)42-30(41)34-24(17-32)20-9-11-21(12-10-20)28(38)36-16-15-23(19-7-5-4-6-8-19)26(36)27(37)35-25-14-13-22(18-33-25)29(39)40/h4-8,13-14,18,20-21,23-24,26H,9-12,15-17H2,1-3H3,(H,34,41)(H,39,40)(H,33,35,37)/t20?,21?,23-,24?,26+/m1/s1. The molecule has 3 atom stereocenters. The van der Waals surface area contributed by atoms with E-state index in [4.69, 9.17) is 9.84 Å². The van der Waals surface area contributed by atoms with Crippen LogP contribution in [0.5, 0.6) is 0 Å². The zero-order valence-electron chi connectivity index (χ0n) is 24.2. The van der Waals surface area contributed by atoms with Crippen molar-refractivity contribution in [2.45, 2.75) is 76.5 Å². The molecule has 1 saturated carbocycles. The molecule has 0 radical (unpaired) electrons. The molecule has 3 N–H and O–H groups in total. The number of hydrogen-bond acceptors (Lipinski definition) is 6. The molecular weight excluding hydrogens is 543 g/mol. The minimum atomic E-state index is -1.12. The van der Waals surface area contributed by atoms with Crippen LogP contribution in [-0.2, 0) is 14.3 Å². The van der Waals surface area contributed by atoms with Gasteiger partial charge < -0.3 is 25.4 Å². The number of carbonyl (C=O) groups excluding carboxylic acids is 3. The summed E-state index contributed by atoms with van der Waals surface area (Å²) in [5.41, 5.74) is 0.257. The van der Waals surface area contributed by atoms with Crippen molar-refractivity contribution in [3.63, 3.8) is 0 Å². The minimum Gasteiger partial charge on any atom is -0.478 e. The van der Waals surface area contributed by atoms with E-state index in [9.17, 15) is 23.6 Å². The number of anilines is 1. The molecular formula is C31H39FN4O6. The number of nitrogens with zero attached hydrogens (tertiary/aromatic N) is 2. The number of alkyl halides is 1. The van der Waals surface area contributed by atoms with E-state index in [2.05, 4.69) is 15.6 Å². The molecule has 11 heteroatoms. The predicted octanol–water partition coefficient (Wildman–Crippen LogP) is 4.77. The monoisotopic (exact) mass is 582 g/mol. The Balaban J connectivity index is 1.44. The van der Waals surface area contributed by atoms with Crippen LogP contribution in [0.1, 0.15) is 74.7 Å². The Labute approximate surface area is 245 Å². The summed E-state index contributed by atoms with van der Waals surface area (Å²) in [7, 11) is 0. The van der Waals surface area contributed by atoms with Crippen LogP contribution in [0.3, 0.4) is 0 Å². The number of carboxylic acids is 1. The van der Waals surface area contributed by atoms with Crippen molar-refractivity contribution in [1.82, 2.24) is 15.2 Å². The largest absolute Gasteiger partial charge is 0.478 e. The summed E-state index contributed by atoms with van der Waals surface area (Å²) in [6.07, 6.45) is 3.29. The molecule has 2 fully saturated rings. The van der Waals surface area contributed by atoms with Gasteiger partial charge in [0.05, 0.1) is 11.6 Å². The van der Waals surface area contributed by atoms with Crippen LogP contribution in [0.4, 0.5) is 15.0 Å². The number of pyridine rings is 1. The second kappa shape index (κ2) is 13.3. The number of amides is 3. The maximum Gasteiger partial charge on any atom is 0.407 e.